The number of benzene rings is 11. The number of rotatable bonds is 8. The Morgan fingerprint density at radius 1 is 0.329 bits per heavy atom. The van der Waals surface area contributed by atoms with Gasteiger partial charge in [0, 0.05) is 44.3 Å². The van der Waals surface area contributed by atoms with Crippen molar-refractivity contribution >= 4 is 60.8 Å². The lowest BCUT2D eigenvalue weighted by molar-refractivity contribution is 0.669. The minimum Gasteiger partial charge on any atom is -0.456 e. The van der Waals surface area contributed by atoms with Crippen molar-refractivity contribution in [1.29, 1.82) is 0 Å². The number of para-hydroxylation sites is 3. The molecule has 3 nitrogen and oxygen atoms in total. The number of hydrogen-bond donors (Lipinski definition) is 0. The third kappa shape index (κ3) is 6.08. The van der Waals surface area contributed by atoms with Gasteiger partial charge in [-0.05, 0) is 128 Å². The van der Waals surface area contributed by atoms with Crippen molar-refractivity contribution in [2.75, 3.05) is 4.90 Å². The summed E-state index contributed by atoms with van der Waals surface area (Å²) in [5, 5.41) is 4.78. The number of aromatic nitrogens is 1. The minimum atomic E-state index is -0.479. The summed E-state index contributed by atoms with van der Waals surface area (Å²) >= 11 is 0. The molecule has 0 saturated carbocycles. The predicted molar refractivity (Wildman–Crippen MR) is 291 cm³/mol. The molecule has 2 aromatic heterocycles. The summed E-state index contributed by atoms with van der Waals surface area (Å²) in [6, 6.07) is 97.3. The van der Waals surface area contributed by atoms with Gasteiger partial charge in [-0.3, -0.25) is 0 Å². The molecule has 1 aliphatic carbocycles. The van der Waals surface area contributed by atoms with Crippen LogP contribution >= 0.6 is 0 Å². The molecule has 0 unspecified atom stereocenters. The first-order valence-corrected chi connectivity index (χ1v) is 24.1. The second-order valence-corrected chi connectivity index (χ2v) is 18.4. The molecule has 0 saturated heterocycles. The molecule has 70 heavy (non-hydrogen) atoms. The second kappa shape index (κ2) is 16.0. The van der Waals surface area contributed by atoms with E-state index < -0.39 is 5.41 Å². The first-order valence-electron chi connectivity index (χ1n) is 24.1. The van der Waals surface area contributed by atoms with Crippen molar-refractivity contribution in [1.82, 2.24) is 4.57 Å². The van der Waals surface area contributed by atoms with Gasteiger partial charge in [-0.1, -0.05) is 194 Å². The van der Waals surface area contributed by atoms with Crippen molar-refractivity contribution in [3.63, 3.8) is 0 Å². The minimum absolute atomic E-state index is 0.479. The van der Waals surface area contributed by atoms with Crippen LogP contribution in [0.3, 0.4) is 0 Å². The van der Waals surface area contributed by atoms with Crippen LogP contribution in [0.5, 0.6) is 0 Å². The first kappa shape index (κ1) is 39.9. The van der Waals surface area contributed by atoms with Gasteiger partial charge in [0.25, 0.3) is 0 Å². The standard InChI is InChI=1S/C67H44N2O/c1-3-18-48(19-4-1)67(49-20-5-2-6-21-49)60-28-11-7-23-55(60)59-44-53(41-42-61(59)67)68(51-39-35-46(36-40-51)54-27-16-32-65-66(54)58-26-10-14-31-64(58)70-65)50-37-33-45(34-38-50)47-17-15-22-52(43-47)69-62-29-12-8-24-56(62)57-25-9-13-30-63(57)69/h1-44H. The topological polar surface area (TPSA) is 21.3 Å². The highest BCUT2D eigenvalue weighted by Gasteiger charge is 2.46. The smallest absolute Gasteiger partial charge is 0.136 e. The molecule has 1 aliphatic rings. The molecule has 0 amide bonds. The van der Waals surface area contributed by atoms with E-state index in [2.05, 4.69) is 264 Å². The first-order chi connectivity index (χ1) is 34.7. The Kier molecular flexibility index (Phi) is 9.11. The quantitative estimate of drug-likeness (QED) is 0.152. The van der Waals surface area contributed by atoms with Gasteiger partial charge in [-0.25, -0.2) is 0 Å². The molecule has 2 heterocycles. The monoisotopic (exact) mass is 892 g/mol. The molecule has 0 bridgehead atoms. The molecule has 0 fully saturated rings. The third-order valence-electron chi connectivity index (χ3n) is 14.7. The van der Waals surface area contributed by atoms with E-state index in [9.17, 15) is 0 Å². The van der Waals surface area contributed by atoms with Crippen LogP contribution in [0.2, 0.25) is 0 Å². The van der Waals surface area contributed by atoms with Crippen LogP contribution in [-0.2, 0) is 5.41 Å². The van der Waals surface area contributed by atoms with E-state index in [1.165, 1.54) is 55.2 Å². The Morgan fingerprint density at radius 2 is 0.857 bits per heavy atom. The lowest BCUT2D eigenvalue weighted by Crippen LogP contribution is -2.28. The predicted octanol–water partition coefficient (Wildman–Crippen LogP) is 17.8. The van der Waals surface area contributed by atoms with Crippen molar-refractivity contribution in [3.8, 4) is 39.1 Å². The Hall–Kier alpha value is -9.18. The van der Waals surface area contributed by atoms with Crippen LogP contribution in [0.1, 0.15) is 22.3 Å². The van der Waals surface area contributed by atoms with Crippen molar-refractivity contribution in [2.45, 2.75) is 5.41 Å². The molecule has 11 aromatic carbocycles. The van der Waals surface area contributed by atoms with Gasteiger partial charge in [-0.15, -0.1) is 0 Å². The SMILES string of the molecule is c1ccc(C2(c3ccccc3)c3ccccc3-c3cc(N(c4ccc(-c5cccc(-n6c7ccccc7c7ccccc76)c5)cc4)c4ccc(-c5cccc6oc7ccccc7c56)cc4)ccc32)cc1. The molecular formula is C67H44N2O. The van der Waals surface area contributed by atoms with Gasteiger partial charge in [0.2, 0.25) is 0 Å². The number of furan rings is 1. The summed E-state index contributed by atoms with van der Waals surface area (Å²) in [7, 11) is 0. The number of hydrogen-bond acceptors (Lipinski definition) is 2. The summed E-state index contributed by atoms with van der Waals surface area (Å²) in [6.07, 6.45) is 0. The fourth-order valence-corrected chi connectivity index (χ4v) is 11.7. The highest BCUT2D eigenvalue weighted by atomic mass is 16.3. The van der Waals surface area contributed by atoms with Crippen molar-refractivity contribution in [2.24, 2.45) is 0 Å². The zero-order chi connectivity index (χ0) is 46.2. The van der Waals surface area contributed by atoms with Crippen LogP contribution in [0.4, 0.5) is 17.1 Å². The highest BCUT2D eigenvalue weighted by molar-refractivity contribution is 6.12. The van der Waals surface area contributed by atoms with E-state index in [-0.39, 0.29) is 0 Å². The number of fused-ring (bicyclic) bond motifs is 9. The Morgan fingerprint density at radius 3 is 1.56 bits per heavy atom. The lowest BCUT2D eigenvalue weighted by atomic mass is 9.68. The second-order valence-electron chi connectivity index (χ2n) is 18.4. The number of nitrogens with zero attached hydrogens (tertiary/aromatic N) is 2. The van der Waals surface area contributed by atoms with E-state index in [0.717, 1.165) is 66.9 Å². The van der Waals surface area contributed by atoms with Gasteiger partial charge < -0.3 is 13.9 Å². The van der Waals surface area contributed by atoms with E-state index in [0.29, 0.717) is 0 Å². The van der Waals surface area contributed by atoms with Crippen LogP contribution in [-0.4, -0.2) is 4.57 Å². The van der Waals surface area contributed by atoms with Gasteiger partial charge >= 0.3 is 0 Å². The van der Waals surface area contributed by atoms with E-state index >= 15 is 0 Å². The average molecular weight is 893 g/mol. The normalized spacial score (nSPS) is 12.7. The van der Waals surface area contributed by atoms with E-state index in [1.807, 2.05) is 12.1 Å². The maximum atomic E-state index is 6.32. The van der Waals surface area contributed by atoms with Gasteiger partial charge in [0.05, 0.1) is 16.4 Å². The molecule has 0 aliphatic heterocycles. The lowest BCUT2D eigenvalue weighted by Gasteiger charge is -2.34. The van der Waals surface area contributed by atoms with Crippen LogP contribution < -0.4 is 4.90 Å². The number of anilines is 3. The zero-order valence-corrected chi connectivity index (χ0v) is 38.2. The summed E-state index contributed by atoms with van der Waals surface area (Å²) in [5.74, 6) is 0. The van der Waals surface area contributed by atoms with E-state index in [1.54, 1.807) is 0 Å². The summed E-state index contributed by atoms with van der Waals surface area (Å²) in [5.41, 5.74) is 20.3. The third-order valence-corrected chi connectivity index (χ3v) is 14.7. The zero-order valence-electron chi connectivity index (χ0n) is 38.2. The van der Waals surface area contributed by atoms with Gasteiger partial charge in [0.1, 0.15) is 11.2 Å². The molecule has 13 aromatic rings. The van der Waals surface area contributed by atoms with Crippen LogP contribution in [0.15, 0.2) is 271 Å². The average Bonchev–Trinajstić information content (AvgIpc) is 4.09. The Balaban J connectivity index is 0.916. The fraction of sp³-hybridized carbons (Fsp3) is 0.0149. The summed E-state index contributed by atoms with van der Waals surface area (Å²) in [6.45, 7) is 0. The summed E-state index contributed by atoms with van der Waals surface area (Å²) < 4.78 is 8.70. The van der Waals surface area contributed by atoms with Crippen molar-refractivity contribution < 1.29 is 4.42 Å². The maximum Gasteiger partial charge on any atom is 0.136 e. The molecule has 0 atom stereocenters. The largest absolute Gasteiger partial charge is 0.456 e. The molecule has 14 rings (SSSR count). The van der Waals surface area contributed by atoms with Crippen molar-refractivity contribution in [3.05, 3.63) is 289 Å². The summed E-state index contributed by atoms with van der Waals surface area (Å²) in [4.78, 5) is 2.41. The molecule has 0 radical (unpaired) electrons. The van der Waals surface area contributed by atoms with Gasteiger partial charge in [-0.2, -0.15) is 0 Å². The highest BCUT2D eigenvalue weighted by Crippen LogP contribution is 2.57. The van der Waals surface area contributed by atoms with E-state index in [4.69, 9.17) is 4.42 Å². The Bertz CT molecular complexity index is 4020. The molecule has 3 heteroatoms. The molecule has 328 valence electrons. The van der Waals surface area contributed by atoms with Crippen LogP contribution in [0, 0.1) is 0 Å². The Labute approximate surface area is 406 Å². The molecular weight excluding hydrogens is 849 g/mol. The van der Waals surface area contributed by atoms with Gasteiger partial charge in [0.15, 0.2) is 0 Å². The molecule has 0 N–H and O–H groups in total. The van der Waals surface area contributed by atoms with Crippen LogP contribution in [0.25, 0.3) is 82.8 Å². The molecule has 0 spiro atoms. The fourth-order valence-electron chi connectivity index (χ4n) is 11.7. The maximum absolute atomic E-state index is 6.32.